The molecule has 0 bridgehead atoms. The molecule has 130 valence electrons. The van der Waals surface area contributed by atoms with Crippen LogP contribution in [-0.4, -0.2) is 19.7 Å². The molecule has 0 amide bonds. The van der Waals surface area contributed by atoms with Gasteiger partial charge in [-0.3, -0.25) is 4.68 Å². The molecule has 2 heterocycles. The van der Waals surface area contributed by atoms with Crippen molar-refractivity contribution in [1.29, 1.82) is 0 Å². The first kappa shape index (κ1) is 16.5. The van der Waals surface area contributed by atoms with Gasteiger partial charge in [-0.1, -0.05) is 0 Å². The fourth-order valence-electron chi connectivity index (χ4n) is 2.54. The van der Waals surface area contributed by atoms with Crippen molar-refractivity contribution in [3.05, 3.63) is 65.1 Å². The number of nitrogens with zero attached hydrogens (tertiary/aromatic N) is 4. The van der Waals surface area contributed by atoms with E-state index in [1.54, 1.807) is 23.0 Å². The highest BCUT2D eigenvalue weighted by molar-refractivity contribution is 9.10. The Hall–Kier alpha value is -3.00. The Bertz CT molecular complexity index is 1080. The predicted octanol–water partition coefficient (Wildman–Crippen LogP) is 4.75. The second-order valence-corrected chi connectivity index (χ2v) is 6.58. The van der Waals surface area contributed by atoms with Crippen molar-refractivity contribution in [3.63, 3.8) is 0 Å². The van der Waals surface area contributed by atoms with E-state index in [0.29, 0.717) is 16.2 Å². The van der Waals surface area contributed by atoms with Gasteiger partial charge in [0.05, 0.1) is 9.99 Å². The summed E-state index contributed by atoms with van der Waals surface area (Å²) in [7, 11) is 1.89. The van der Waals surface area contributed by atoms with Crippen molar-refractivity contribution in [1.82, 2.24) is 19.7 Å². The van der Waals surface area contributed by atoms with Crippen LogP contribution in [0.2, 0.25) is 0 Å². The van der Waals surface area contributed by atoms with E-state index < -0.39 is 0 Å². The monoisotopic (exact) mass is 412 g/mol. The molecule has 0 spiro atoms. The molecule has 4 rings (SSSR count). The number of rotatable bonds is 4. The summed E-state index contributed by atoms with van der Waals surface area (Å²) >= 11 is 3.42. The summed E-state index contributed by atoms with van der Waals surface area (Å²) in [6.45, 7) is 0. The van der Waals surface area contributed by atoms with Crippen LogP contribution in [0.5, 0.6) is 0 Å². The van der Waals surface area contributed by atoms with E-state index in [0.717, 1.165) is 22.3 Å². The summed E-state index contributed by atoms with van der Waals surface area (Å²) in [5.74, 6) is 0.739. The highest BCUT2D eigenvalue weighted by Crippen LogP contribution is 2.26. The summed E-state index contributed by atoms with van der Waals surface area (Å²) in [5.41, 5.74) is 2.52. The lowest BCUT2D eigenvalue weighted by molar-refractivity contribution is 0.628. The maximum absolute atomic E-state index is 13.0. The third kappa shape index (κ3) is 3.50. The Morgan fingerprint density at radius 2 is 1.81 bits per heavy atom. The minimum atomic E-state index is -0.287. The second-order valence-electron chi connectivity index (χ2n) is 5.72. The van der Waals surface area contributed by atoms with Crippen molar-refractivity contribution < 1.29 is 4.39 Å². The van der Waals surface area contributed by atoms with E-state index in [9.17, 15) is 4.39 Å². The molecule has 26 heavy (non-hydrogen) atoms. The molecule has 6 nitrogen and oxygen atoms in total. The van der Waals surface area contributed by atoms with Crippen molar-refractivity contribution in [2.45, 2.75) is 0 Å². The second kappa shape index (κ2) is 6.72. The van der Waals surface area contributed by atoms with E-state index in [4.69, 9.17) is 0 Å². The maximum atomic E-state index is 13.0. The lowest BCUT2D eigenvalue weighted by atomic mass is 10.2. The van der Waals surface area contributed by atoms with Crippen LogP contribution in [0.3, 0.4) is 0 Å². The number of halogens is 2. The Labute approximate surface area is 157 Å². The third-order valence-corrected chi connectivity index (χ3v) is 4.31. The number of fused-ring (bicyclic) bond motifs is 1. The molecule has 0 radical (unpaired) electrons. The molecule has 0 aliphatic carbocycles. The van der Waals surface area contributed by atoms with Crippen LogP contribution in [0, 0.1) is 5.82 Å². The van der Waals surface area contributed by atoms with E-state index in [1.807, 2.05) is 31.4 Å². The van der Waals surface area contributed by atoms with Gasteiger partial charge in [-0.2, -0.15) is 10.1 Å². The number of nitrogens with one attached hydrogen (secondary N) is 2. The van der Waals surface area contributed by atoms with Crippen molar-refractivity contribution in [3.8, 4) is 0 Å². The molecule has 0 fully saturated rings. The van der Waals surface area contributed by atoms with Crippen LogP contribution < -0.4 is 10.6 Å². The van der Waals surface area contributed by atoms with Gasteiger partial charge < -0.3 is 10.6 Å². The lowest BCUT2D eigenvalue weighted by Crippen LogP contribution is -2.01. The van der Waals surface area contributed by atoms with E-state index in [-0.39, 0.29) is 5.82 Å². The zero-order valence-electron chi connectivity index (χ0n) is 13.7. The topological polar surface area (TPSA) is 67.7 Å². The standard InChI is InChI=1S/C18H14BrFN6/c1-26-10-11-8-14(6-7-16(11)25-26)23-18-21-9-15(19)17(24-18)22-13-4-2-12(20)3-5-13/h2-10H,1H3,(H2,21,22,23,24). The summed E-state index contributed by atoms with van der Waals surface area (Å²) in [6.07, 6.45) is 3.61. The molecule has 0 unspecified atom stereocenters. The number of anilines is 4. The highest BCUT2D eigenvalue weighted by Gasteiger charge is 2.07. The van der Waals surface area contributed by atoms with Gasteiger partial charge in [0.15, 0.2) is 0 Å². The van der Waals surface area contributed by atoms with Gasteiger partial charge in [0.1, 0.15) is 11.6 Å². The van der Waals surface area contributed by atoms with Crippen LogP contribution in [0.25, 0.3) is 10.9 Å². The third-order valence-electron chi connectivity index (χ3n) is 3.73. The Morgan fingerprint density at radius 1 is 1.04 bits per heavy atom. The van der Waals surface area contributed by atoms with Crippen molar-refractivity contribution in [2.75, 3.05) is 10.6 Å². The van der Waals surface area contributed by atoms with Crippen molar-refractivity contribution >= 4 is 50.0 Å². The normalized spacial score (nSPS) is 10.9. The highest BCUT2D eigenvalue weighted by atomic mass is 79.9. The fraction of sp³-hybridized carbons (Fsp3) is 0.0556. The van der Waals surface area contributed by atoms with Gasteiger partial charge in [-0.25, -0.2) is 9.37 Å². The Balaban J connectivity index is 1.59. The molecule has 8 heteroatoms. The smallest absolute Gasteiger partial charge is 0.229 e. The molecule has 2 aromatic heterocycles. The molecule has 4 aromatic rings. The number of benzene rings is 2. The zero-order valence-corrected chi connectivity index (χ0v) is 15.3. The first-order chi connectivity index (χ1) is 12.6. The Kier molecular flexibility index (Phi) is 4.26. The van der Waals surface area contributed by atoms with E-state index >= 15 is 0 Å². The largest absolute Gasteiger partial charge is 0.339 e. The summed E-state index contributed by atoms with van der Waals surface area (Å²) in [4.78, 5) is 8.76. The van der Waals surface area contributed by atoms with Gasteiger partial charge >= 0.3 is 0 Å². The summed E-state index contributed by atoms with van der Waals surface area (Å²) in [5, 5.41) is 11.7. The first-order valence-electron chi connectivity index (χ1n) is 7.82. The molecule has 0 aliphatic rings. The number of aromatic nitrogens is 4. The minimum Gasteiger partial charge on any atom is -0.339 e. The molecular weight excluding hydrogens is 399 g/mol. The van der Waals surface area contributed by atoms with Crippen LogP contribution in [0.1, 0.15) is 0 Å². The molecule has 0 aliphatic heterocycles. The predicted molar refractivity (Wildman–Crippen MR) is 103 cm³/mol. The quantitative estimate of drug-likeness (QED) is 0.506. The fourth-order valence-corrected chi connectivity index (χ4v) is 2.83. The molecule has 0 saturated heterocycles. The van der Waals surface area contributed by atoms with Crippen LogP contribution in [-0.2, 0) is 7.05 Å². The van der Waals surface area contributed by atoms with Crippen LogP contribution in [0.15, 0.2) is 59.3 Å². The van der Waals surface area contributed by atoms with E-state index in [2.05, 4.69) is 41.6 Å². The molecule has 0 atom stereocenters. The molecular formula is C18H14BrFN6. The van der Waals surface area contributed by atoms with E-state index in [1.165, 1.54) is 12.1 Å². The van der Waals surface area contributed by atoms with Gasteiger partial charge in [0, 0.05) is 36.2 Å². The number of aryl methyl sites for hydroxylation is 1. The Morgan fingerprint density at radius 3 is 2.62 bits per heavy atom. The SMILES string of the molecule is Cn1cc2cc(Nc3ncc(Br)c(Nc4ccc(F)cc4)n3)ccc2n1. The van der Waals surface area contributed by atoms with Crippen LogP contribution >= 0.6 is 15.9 Å². The summed E-state index contributed by atoms with van der Waals surface area (Å²) < 4.78 is 15.5. The van der Waals surface area contributed by atoms with Gasteiger partial charge in [-0.05, 0) is 58.4 Å². The number of hydrogen-bond donors (Lipinski definition) is 2. The first-order valence-corrected chi connectivity index (χ1v) is 8.62. The number of hydrogen-bond acceptors (Lipinski definition) is 5. The van der Waals surface area contributed by atoms with Gasteiger partial charge in [0.25, 0.3) is 0 Å². The molecule has 0 saturated carbocycles. The average Bonchev–Trinajstić information content (AvgIpc) is 2.99. The maximum Gasteiger partial charge on any atom is 0.229 e. The van der Waals surface area contributed by atoms with Crippen molar-refractivity contribution in [2.24, 2.45) is 7.05 Å². The zero-order chi connectivity index (χ0) is 18.1. The van der Waals surface area contributed by atoms with Gasteiger partial charge in [0.2, 0.25) is 5.95 Å². The minimum absolute atomic E-state index is 0.287. The van der Waals surface area contributed by atoms with Gasteiger partial charge in [-0.15, -0.1) is 0 Å². The lowest BCUT2D eigenvalue weighted by Gasteiger charge is -2.10. The molecule has 2 aromatic carbocycles. The summed E-state index contributed by atoms with van der Waals surface area (Å²) in [6, 6.07) is 11.9. The average molecular weight is 413 g/mol. The molecule has 2 N–H and O–H groups in total. The van der Waals surface area contributed by atoms with Crippen LogP contribution in [0.4, 0.5) is 27.5 Å².